The van der Waals surface area contributed by atoms with Crippen LogP contribution in [0.4, 0.5) is 0 Å². The molecule has 0 bridgehead atoms. The van der Waals surface area contributed by atoms with Gasteiger partial charge in [-0.15, -0.1) is 0 Å². The molecule has 4 nitrogen and oxygen atoms in total. The maximum Gasteiger partial charge on any atom is 3.00 e. The fraction of sp³-hybridized carbons (Fsp3) is 0. The smallest absolute Gasteiger partial charge is 0.822 e. The molecule has 0 atom stereocenters. The van der Waals surface area contributed by atoms with E-state index in [-0.39, 0.29) is 53.5 Å². The van der Waals surface area contributed by atoms with Crippen molar-refractivity contribution in [1.29, 1.82) is 0 Å². The maximum absolute atomic E-state index is 8.55. The SMILES string of the molecule is O=P([O-])([O-])[O-].[Bi+3].[Pb+2]. The van der Waals surface area contributed by atoms with Crippen molar-refractivity contribution in [2.45, 2.75) is 0 Å². The summed E-state index contributed by atoms with van der Waals surface area (Å²) in [6.07, 6.45) is 0. The molecule has 0 saturated carbocycles. The van der Waals surface area contributed by atoms with Crippen LogP contribution in [0.2, 0.25) is 0 Å². The number of phosphoric acid groups is 1. The van der Waals surface area contributed by atoms with Gasteiger partial charge in [0.1, 0.15) is 0 Å². The molecule has 0 saturated heterocycles. The number of hydrogen-bond acceptors (Lipinski definition) is 4. The van der Waals surface area contributed by atoms with E-state index in [4.69, 9.17) is 19.2 Å². The van der Waals surface area contributed by atoms with Crippen LogP contribution in [0.25, 0.3) is 0 Å². The van der Waals surface area contributed by atoms with Crippen LogP contribution in [0.1, 0.15) is 0 Å². The van der Waals surface area contributed by atoms with Crippen LogP contribution in [0.5, 0.6) is 0 Å². The average Bonchev–Trinajstić information content (AvgIpc) is 0.722. The molecule has 0 aliphatic rings. The Morgan fingerprint density at radius 3 is 1.14 bits per heavy atom. The zero-order chi connectivity index (χ0) is 4.50. The first-order valence-corrected chi connectivity index (χ1v) is 2.19. The van der Waals surface area contributed by atoms with Gasteiger partial charge in [0.25, 0.3) is 0 Å². The van der Waals surface area contributed by atoms with Crippen molar-refractivity contribution in [1.82, 2.24) is 0 Å². The summed E-state index contributed by atoms with van der Waals surface area (Å²) in [4.78, 5) is 25.6. The Bertz CT molecular complexity index is 57.8. The van der Waals surface area contributed by atoms with Crippen molar-refractivity contribution >= 4 is 61.3 Å². The van der Waals surface area contributed by atoms with Gasteiger partial charge in [0, 0.05) is 0 Å². The Morgan fingerprint density at radius 2 is 1.14 bits per heavy atom. The molecule has 0 aromatic rings. The molecule has 0 fully saturated rings. The van der Waals surface area contributed by atoms with E-state index in [9.17, 15) is 0 Å². The van der Waals surface area contributed by atoms with Gasteiger partial charge in [-0.05, 0) is 0 Å². The maximum atomic E-state index is 8.55. The minimum atomic E-state index is -5.39. The van der Waals surface area contributed by atoms with Crippen molar-refractivity contribution < 1.29 is 19.2 Å². The molecule has 0 unspecified atom stereocenters. The fourth-order valence-corrected chi connectivity index (χ4v) is 0. The molecule has 0 aliphatic carbocycles. The second-order valence-electron chi connectivity index (χ2n) is 0.447. The van der Waals surface area contributed by atoms with Gasteiger partial charge < -0.3 is 19.2 Å². The second-order valence-corrected chi connectivity index (χ2v) is 1.34. The first-order valence-electron chi connectivity index (χ1n) is 0.730. The van der Waals surface area contributed by atoms with Crippen LogP contribution in [0.15, 0.2) is 0 Å². The fourth-order valence-electron chi connectivity index (χ4n) is 0. The van der Waals surface area contributed by atoms with Gasteiger partial charge in [-0.1, -0.05) is 0 Å². The summed E-state index contributed by atoms with van der Waals surface area (Å²) in [6, 6.07) is 0. The Balaban J connectivity index is -0.0000000800. The summed E-state index contributed by atoms with van der Waals surface area (Å²) in [6.45, 7) is 0. The molecule has 0 N–H and O–H groups in total. The van der Waals surface area contributed by atoms with Crippen molar-refractivity contribution in [2.24, 2.45) is 0 Å². The summed E-state index contributed by atoms with van der Waals surface area (Å²) in [5, 5.41) is 0. The Kier molecular flexibility index (Phi) is 13.8. The van der Waals surface area contributed by atoms with E-state index in [1.807, 2.05) is 0 Å². The van der Waals surface area contributed by atoms with Crippen LogP contribution in [-0.4, -0.2) is 53.5 Å². The average molecular weight is 511 g/mol. The minimum Gasteiger partial charge on any atom is -0.822 e. The van der Waals surface area contributed by atoms with E-state index in [2.05, 4.69) is 0 Å². The van der Waals surface area contributed by atoms with Crippen molar-refractivity contribution in [3.63, 3.8) is 0 Å². The van der Waals surface area contributed by atoms with Gasteiger partial charge in [-0.25, -0.2) is 0 Å². The normalized spacial score (nSPS) is 8.43. The number of rotatable bonds is 0. The molecular weight excluding hydrogens is 511 g/mol. The molecule has 0 spiro atoms. The van der Waals surface area contributed by atoms with E-state index in [1.54, 1.807) is 0 Å². The molecule has 7 heteroatoms. The molecule has 0 aliphatic heterocycles. The second kappa shape index (κ2) is 6.04. The first-order chi connectivity index (χ1) is 2.00. The van der Waals surface area contributed by atoms with Gasteiger partial charge in [-0.2, -0.15) is 7.82 Å². The molecule has 36 valence electrons. The predicted octanol–water partition coefficient (Wildman–Crippen LogP) is -3.59. The third-order valence-electron chi connectivity index (χ3n) is 0. The van der Waals surface area contributed by atoms with Crippen LogP contribution in [-0.2, 0) is 4.57 Å². The summed E-state index contributed by atoms with van der Waals surface area (Å²) < 4.78 is 8.55. The molecule has 0 amide bonds. The zero-order valence-electron chi connectivity index (χ0n) is 3.03. The third kappa shape index (κ3) is 75.5. The van der Waals surface area contributed by atoms with Gasteiger partial charge >= 0.3 is 53.5 Å². The molecule has 7 heavy (non-hydrogen) atoms. The molecule has 0 heterocycles. The molecule has 0 aromatic heterocycles. The summed E-state index contributed by atoms with van der Waals surface area (Å²) in [5.74, 6) is 0. The van der Waals surface area contributed by atoms with E-state index >= 15 is 0 Å². The summed E-state index contributed by atoms with van der Waals surface area (Å²) in [5.41, 5.74) is 0. The zero-order valence-corrected chi connectivity index (χ0v) is 11.3. The monoisotopic (exact) mass is 512 g/mol. The Labute approximate surface area is 79.8 Å². The van der Waals surface area contributed by atoms with Crippen LogP contribution < -0.4 is 14.7 Å². The molecule has 0 rings (SSSR count). The number of hydrogen-bond donors (Lipinski definition) is 0. The Hall–Kier alpha value is 1.92. The Morgan fingerprint density at radius 1 is 1.14 bits per heavy atom. The van der Waals surface area contributed by atoms with Crippen molar-refractivity contribution in [3.05, 3.63) is 0 Å². The van der Waals surface area contributed by atoms with Gasteiger partial charge in [-0.3, -0.25) is 0 Å². The standard InChI is InChI=1S/Bi.H3O4P.Pb/c;1-5(2,3)4;/h;(H3,1,2,3,4);/q+3;;+2/p-3. The molecular formula is BiO4PPb+2. The van der Waals surface area contributed by atoms with Crippen LogP contribution in [0.3, 0.4) is 0 Å². The predicted molar refractivity (Wildman–Crippen MR) is 19.1 cm³/mol. The molecule has 0 aromatic carbocycles. The van der Waals surface area contributed by atoms with Crippen LogP contribution in [0, 0.1) is 0 Å². The van der Waals surface area contributed by atoms with Gasteiger partial charge in [0.2, 0.25) is 0 Å². The first kappa shape index (κ1) is 16.0. The quantitative estimate of drug-likeness (QED) is 0.249. The molecule has 4 radical (unpaired) electrons. The van der Waals surface area contributed by atoms with Crippen molar-refractivity contribution in [2.75, 3.05) is 0 Å². The topological polar surface area (TPSA) is 86.2 Å². The van der Waals surface area contributed by atoms with E-state index in [0.29, 0.717) is 0 Å². The minimum absolute atomic E-state index is 0. The van der Waals surface area contributed by atoms with E-state index in [1.165, 1.54) is 0 Å². The summed E-state index contributed by atoms with van der Waals surface area (Å²) >= 11 is 0. The van der Waals surface area contributed by atoms with E-state index < -0.39 is 7.82 Å². The van der Waals surface area contributed by atoms with Gasteiger partial charge in [0.15, 0.2) is 0 Å². The summed E-state index contributed by atoms with van der Waals surface area (Å²) in [7, 11) is -5.39. The van der Waals surface area contributed by atoms with Crippen LogP contribution >= 0.6 is 7.82 Å². The largest absolute Gasteiger partial charge is 3.00 e. The van der Waals surface area contributed by atoms with Gasteiger partial charge in [0.05, 0.1) is 0 Å². The van der Waals surface area contributed by atoms with E-state index in [0.717, 1.165) is 0 Å². The van der Waals surface area contributed by atoms with Crippen molar-refractivity contribution in [3.8, 4) is 0 Å². The third-order valence-corrected chi connectivity index (χ3v) is 0.